The van der Waals surface area contributed by atoms with E-state index in [0.29, 0.717) is 32.1 Å². The summed E-state index contributed by atoms with van der Waals surface area (Å²) in [5, 5.41) is 0.345. The minimum absolute atomic E-state index is 0.247. The number of carbonyl (C=O) groups is 1. The van der Waals surface area contributed by atoms with Crippen LogP contribution in [0.4, 0.5) is 5.69 Å². The highest BCUT2D eigenvalue weighted by atomic mass is 79.9. The average molecular weight is 371 g/mol. The third-order valence-electron chi connectivity index (χ3n) is 3.02. The van der Waals surface area contributed by atoms with Crippen LogP contribution in [0.25, 0.3) is 0 Å². The second-order valence-corrected chi connectivity index (χ2v) is 5.48. The molecule has 0 radical (unpaired) electrons. The van der Waals surface area contributed by atoms with Crippen molar-refractivity contribution < 1.29 is 14.3 Å². The van der Waals surface area contributed by atoms with Gasteiger partial charge in [-0.3, -0.25) is 4.79 Å². The summed E-state index contributed by atoms with van der Waals surface area (Å²) in [6.45, 7) is 0. The molecule has 0 unspecified atom stereocenters. The van der Waals surface area contributed by atoms with Gasteiger partial charge in [-0.25, -0.2) is 0 Å². The molecule has 0 spiro atoms. The van der Waals surface area contributed by atoms with Crippen LogP contribution in [0.2, 0.25) is 5.02 Å². The van der Waals surface area contributed by atoms with Crippen LogP contribution in [-0.4, -0.2) is 20.0 Å². The molecule has 0 fully saturated rings. The first-order valence-electron chi connectivity index (χ1n) is 5.99. The van der Waals surface area contributed by atoms with Gasteiger partial charge in [-0.1, -0.05) is 17.7 Å². The molecular formula is C15H13BrClNO3. The lowest BCUT2D eigenvalue weighted by atomic mass is 10.0. The minimum Gasteiger partial charge on any atom is -0.493 e. The van der Waals surface area contributed by atoms with Crippen molar-refractivity contribution >= 4 is 39.0 Å². The van der Waals surface area contributed by atoms with E-state index in [4.69, 9.17) is 26.8 Å². The second kappa shape index (κ2) is 6.37. The van der Waals surface area contributed by atoms with Crippen LogP contribution < -0.4 is 15.2 Å². The maximum atomic E-state index is 12.6. The Morgan fingerprint density at radius 2 is 1.76 bits per heavy atom. The van der Waals surface area contributed by atoms with Gasteiger partial charge in [0.25, 0.3) is 0 Å². The van der Waals surface area contributed by atoms with E-state index in [-0.39, 0.29) is 11.5 Å². The quantitative estimate of drug-likeness (QED) is 0.654. The van der Waals surface area contributed by atoms with Gasteiger partial charge in [-0.15, -0.1) is 0 Å². The van der Waals surface area contributed by atoms with Gasteiger partial charge >= 0.3 is 0 Å². The van der Waals surface area contributed by atoms with Gasteiger partial charge in [0.05, 0.1) is 24.9 Å². The summed E-state index contributed by atoms with van der Waals surface area (Å²) in [6, 6.07) is 8.23. The molecule has 6 heteroatoms. The fraction of sp³-hybridized carbons (Fsp3) is 0.133. The number of benzene rings is 2. The highest BCUT2D eigenvalue weighted by Gasteiger charge is 2.19. The van der Waals surface area contributed by atoms with Gasteiger partial charge in [0.15, 0.2) is 17.3 Å². The average Bonchev–Trinajstić information content (AvgIpc) is 2.49. The van der Waals surface area contributed by atoms with Crippen molar-refractivity contribution in [2.24, 2.45) is 0 Å². The highest BCUT2D eigenvalue weighted by molar-refractivity contribution is 9.10. The topological polar surface area (TPSA) is 61.5 Å². The van der Waals surface area contributed by atoms with Crippen molar-refractivity contribution in [3.05, 3.63) is 51.0 Å². The normalized spacial score (nSPS) is 10.3. The van der Waals surface area contributed by atoms with Crippen molar-refractivity contribution in [1.29, 1.82) is 0 Å². The molecule has 21 heavy (non-hydrogen) atoms. The Kier molecular flexibility index (Phi) is 4.75. The van der Waals surface area contributed by atoms with E-state index in [1.807, 2.05) is 0 Å². The van der Waals surface area contributed by atoms with Crippen molar-refractivity contribution in [2.75, 3.05) is 20.0 Å². The largest absolute Gasteiger partial charge is 0.493 e. The molecule has 0 aliphatic rings. The molecular weight excluding hydrogens is 358 g/mol. The number of nitrogen functional groups attached to an aromatic ring is 1. The first kappa shape index (κ1) is 15.7. The Hall–Kier alpha value is -1.72. The molecule has 2 rings (SSSR count). The SMILES string of the molecule is COc1cc(Br)c(C(=O)c2cccc(Cl)c2N)cc1OC. The fourth-order valence-corrected chi connectivity index (χ4v) is 2.59. The number of anilines is 1. The van der Waals surface area contributed by atoms with Gasteiger partial charge in [0.2, 0.25) is 0 Å². The van der Waals surface area contributed by atoms with E-state index in [1.165, 1.54) is 14.2 Å². The van der Waals surface area contributed by atoms with Gasteiger partial charge in [0, 0.05) is 15.6 Å². The van der Waals surface area contributed by atoms with Crippen molar-refractivity contribution in [3.8, 4) is 11.5 Å². The molecule has 2 aromatic carbocycles. The first-order valence-corrected chi connectivity index (χ1v) is 7.17. The van der Waals surface area contributed by atoms with E-state index in [2.05, 4.69) is 15.9 Å². The monoisotopic (exact) mass is 369 g/mol. The van der Waals surface area contributed by atoms with E-state index in [9.17, 15) is 4.79 Å². The molecule has 0 saturated carbocycles. The number of hydrogen-bond acceptors (Lipinski definition) is 4. The molecule has 2 N–H and O–H groups in total. The summed E-state index contributed by atoms with van der Waals surface area (Å²) < 4.78 is 11.0. The van der Waals surface area contributed by atoms with Gasteiger partial charge < -0.3 is 15.2 Å². The highest BCUT2D eigenvalue weighted by Crippen LogP contribution is 2.35. The summed E-state index contributed by atoms with van der Waals surface area (Å²) in [6.07, 6.45) is 0. The molecule has 0 aromatic heterocycles. The Balaban J connectivity index is 2.56. The zero-order valence-electron chi connectivity index (χ0n) is 11.4. The van der Waals surface area contributed by atoms with Crippen LogP contribution in [-0.2, 0) is 0 Å². The molecule has 2 aromatic rings. The molecule has 110 valence electrons. The maximum Gasteiger partial charge on any atom is 0.196 e. The number of nitrogens with two attached hydrogens (primary N) is 1. The number of methoxy groups -OCH3 is 2. The zero-order chi connectivity index (χ0) is 15.6. The number of ether oxygens (including phenoxy) is 2. The maximum absolute atomic E-state index is 12.6. The second-order valence-electron chi connectivity index (χ2n) is 4.22. The molecule has 0 atom stereocenters. The van der Waals surface area contributed by atoms with Crippen molar-refractivity contribution in [1.82, 2.24) is 0 Å². The van der Waals surface area contributed by atoms with Crippen LogP contribution in [0.5, 0.6) is 11.5 Å². The van der Waals surface area contributed by atoms with Crippen LogP contribution in [0.15, 0.2) is 34.8 Å². The third-order valence-corrected chi connectivity index (χ3v) is 4.00. The van der Waals surface area contributed by atoms with Crippen molar-refractivity contribution in [3.63, 3.8) is 0 Å². The van der Waals surface area contributed by atoms with Crippen LogP contribution in [0, 0.1) is 0 Å². The van der Waals surface area contributed by atoms with Gasteiger partial charge in [-0.05, 0) is 40.2 Å². The molecule has 0 aliphatic heterocycles. The van der Waals surface area contributed by atoms with Crippen LogP contribution >= 0.6 is 27.5 Å². The lowest BCUT2D eigenvalue weighted by molar-refractivity contribution is 0.103. The van der Waals surface area contributed by atoms with Crippen molar-refractivity contribution in [2.45, 2.75) is 0 Å². The lowest BCUT2D eigenvalue weighted by Crippen LogP contribution is -2.07. The van der Waals surface area contributed by atoms with Crippen LogP contribution in [0.1, 0.15) is 15.9 Å². The first-order chi connectivity index (χ1) is 9.99. The number of hydrogen-bond donors (Lipinski definition) is 1. The third kappa shape index (κ3) is 2.99. The minimum atomic E-state index is -0.247. The molecule has 0 aliphatic carbocycles. The van der Waals surface area contributed by atoms with Gasteiger partial charge in [0.1, 0.15) is 0 Å². The summed E-state index contributed by atoms with van der Waals surface area (Å²) >= 11 is 9.32. The number of halogens is 2. The number of ketones is 1. The van der Waals surface area contributed by atoms with E-state index < -0.39 is 0 Å². The number of para-hydroxylation sites is 1. The Bertz CT molecular complexity index is 704. The van der Waals surface area contributed by atoms with E-state index >= 15 is 0 Å². The molecule has 0 amide bonds. The molecule has 0 heterocycles. The number of rotatable bonds is 4. The Morgan fingerprint density at radius 1 is 1.14 bits per heavy atom. The van der Waals surface area contributed by atoms with Crippen LogP contribution in [0.3, 0.4) is 0 Å². The molecule has 0 saturated heterocycles. The predicted molar refractivity (Wildman–Crippen MR) is 86.5 cm³/mol. The Morgan fingerprint density at radius 3 is 2.38 bits per heavy atom. The van der Waals surface area contributed by atoms with E-state index in [0.717, 1.165) is 0 Å². The summed E-state index contributed by atoms with van der Waals surface area (Å²) in [5.41, 5.74) is 6.89. The number of carbonyl (C=O) groups excluding carboxylic acids is 1. The summed E-state index contributed by atoms with van der Waals surface area (Å²) in [4.78, 5) is 12.6. The Labute approximate surface area is 135 Å². The molecule has 0 bridgehead atoms. The fourth-order valence-electron chi connectivity index (χ4n) is 1.91. The van der Waals surface area contributed by atoms with E-state index in [1.54, 1.807) is 30.3 Å². The summed E-state index contributed by atoms with van der Waals surface area (Å²) in [7, 11) is 3.04. The lowest BCUT2D eigenvalue weighted by Gasteiger charge is -2.12. The molecule has 4 nitrogen and oxygen atoms in total. The zero-order valence-corrected chi connectivity index (χ0v) is 13.8. The summed E-state index contributed by atoms with van der Waals surface area (Å²) in [5.74, 6) is 0.743. The van der Waals surface area contributed by atoms with Gasteiger partial charge in [-0.2, -0.15) is 0 Å². The smallest absolute Gasteiger partial charge is 0.196 e. The standard InChI is InChI=1S/C15H13BrClNO3/c1-20-12-6-9(10(16)7-13(12)21-2)15(19)8-4-3-5-11(17)14(8)18/h3-7H,18H2,1-2H3. The predicted octanol–water partition coefficient (Wildman–Crippen LogP) is 3.93.